The van der Waals surface area contributed by atoms with Crippen LogP contribution in [0.3, 0.4) is 0 Å². The minimum absolute atomic E-state index is 0.352. The number of nitrogens with zero attached hydrogens (tertiary/aromatic N) is 1. The van der Waals surface area contributed by atoms with E-state index in [0.717, 1.165) is 27.7 Å². The first-order valence-corrected chi connectivity index (χ1v) is 5.93. The molecule has 0 amide bonds. The van der Waals surface area contributed by atoms with Gasteiger partial charge in [0.1, 0.15) is 20.0 Å². The SMILES string of the molecule is Bc1cc(COOCC)c(OC)c2ncccc12. The van der Waals surface area contributed by atoms with Gasteiger partial charge in [-0.25, -0.2) is 9.78 Å². The number of methoxy groups -OCH3 is 1. The van der Waals surface area contributed by atoms with Gasteiger partial charge in [-0.3, -0.25) is 4.98 Å². The minimum Gasteiger partial charge on any atom is -0.494 e. The van der Waals surface area contributed by atoms with E-state index in [-0.39, 0.29) is 0 Å². The van der Waals surface area contributed by atoms with E-state index in [4.69, 9.17) is 14.5 Å². The van der Waals surface area contributed by atoms with E-state index in [1.54, 1.807) is 13.3 Å². The third kappa shape index (κ3) is 2.47. The van der Waals surface area contributed by atoms with E-state index >= 15 is 0 Å². The first kappa shape index (κ1) is 12.9. The van der Waals surface area contributed by atoms with Crippen molar-refractivity contribution in [3.05, 3.63) is 30.0 Å². The average Bonchev–Trinajstić information content (AvgIpc) is 2.39. The molecule has 0 aliphatic heterocycles. The molecule has 1 aromatic heterocycles. The third-order valence-corrected chi connectivity index (χ3v) is 2.75. The molecule has 0 saturated heterocycles. The van der Waals surface area contributed by atoms with E-state index in [9.17, 15) is 0 Å². The Morgan fingerprint density at radius 2 is 2.17 bits per heavy atom. The van der Waals surface area contributed by atoms with Crippen molar-refractivity contribution in [1.29, 1.82) is 0 Å². The Balaban J connectivity index is 2.46. The van der Waals surface area contributed by atoms with Crippen LogP contribution in [0.5, 0.6) is 5.75 Å². The molecule has 0 aliphatic carbocycles. The molecule has 0 saturated carbocycles. The van der Waals surface area contributed by atoms with Crippen molar-refractivity contribution in [2.45, 2.75) is 13.5 Å². The molecule has 2 aromatic rings. The van der Waals surface area contributed by atoms with Crippen molar-refractivity contribution in [3.63, 3.8) is 0 Å². The molecular formula is C13H16BNO3. The molecule has 0 N–H and O–H groups in total. The lowest BCUT2D eigenvalue weighted by atomic mass is 9.89. The van der Waals surface area contributed by atoms with Gasteiger partial charge >= 0.3 is 0 Å². The van der Waals surface area contributed by atoms with Gasteiger partial charge in [-0.1, -0.05) is 17.6 Å². The molecule has 0 spiro atoms. The molecule has 18 heavy (non-hydrogen) atoms. The summed E-state index contributed by atoms with van der Waals surface area (Å²) in [5.41, 5.74) is 2.94. The second-order valence-electron chi connectivity index (χ2n) is 3.95. The lowest BCUT2D eigenvalue weighted by Crippen LogP contribution is -2.09. The van der Waals surface area contributed by atoms with Crippen molar-refractivity contribution < 1.29 is 14.5 Å². The number of aromatic nitrogens is 1. The Hall–Kier alpha value is -1.59. The zero-order valence-electron chi connectivity index (χ0n) is 10.9. The maximum absolute atomic E-state index is 5.45. The van der Waals surface area contributed by atoms with Crippen molar-refractivity contribution in [2.24, 2.45) is 0 Å². The van der Waals surface area contributed by atoms with Gasteiger partial charge in [-0.2, -0.15) is 0 Å². The van der Waals surface area contributed by atoms with E-state index in [1.807, 2.05) is 33.0 Å². The average molecular weight is 245 g/mol. The molecule has 0 fully saturated rings. The highest BCUT2D eigenvalue weighted by atomic mass is 17.2. The van der Waals surface area contributed by atoms with Crippen LogP contribution in [0.2, 0.25) is 0 Å². The topological polar surface area (TPSA) is 40.6 Å². The number of hydrogen-bond acceptors (Lipinski definition) is 4. The molecule has 0 radical (unpaired) electrons. The largest absolute Gasteiger partial charge is 0.494 e. The van der Waals surface area contributed by atoms with E-state index in [1.165, 1.54) is 0 Å². The lowest BCUT2D eigenvalue weighted by molar-refractivity contribution is -0.300. The third-order valence-electron chi connectivity index (χ3n) is 2.75. The van der Waals surface area contributed by atoms with Crippen LogP contribution in [0.1, 0.15) is 12.5 Å². The summed E-state index contributed by atoms with van der Waals surface area (Å²) in [5.74, 6) is 0.746. The van der Waals surface area contributed by atoms with Crippen LogP contribution in [0.4, 0.5) is 0 Å². The van der Waals surface area contributed by atoms with E-state index in [2.05, 4.69) is 4.98 Å². The Bertz CT molecular complexity index is 545. The smallest absolute Gasteiger partial charge is 0.150 e. The monoisotopic (exact) mass is 245 g/mol. The van der Waals surface area contributed by atoms with Crippen LogP contribution in [0.25, 0.3) is 10.9 Å². The van der Waals surface area contributed by atoms with Crippen LogP contribution in [-0.2, 0) is 16.4 Å². The lowest BCUT2D eigenvalue weighted by Gasteiger charge is -2.13. The Kier molecular flexibility index (Phi) is 4.17. The standard InChI is InChI=1S/C13H16BNO3/c1-3-17-18-8-9-7-11(14)10-5-4-6-15-12(10)13(9)16-2/h4-7H,3,8,14H2,1-2H3. The molecule has 0 atom stereocenters. The maximum atomic E-state index is 5.45. The molecule has 1 aromatic carbocycles. The van der Waals surface area contributed by atoms with Crippen LogP contribution in [0.15, 0.2) is 24.4 Å². The normalized spacial score (nSPS) is 10.8. The van der Waals surface area contributed by atoms with Gasteiger partial charge in [0.2, 0.25) is 0 Å². The molecule has 0 aliphatic rings. The summed E-state index contributed by atoms with van der Waals surface area (Å²) in [6.07, 6.45) is 1.76. The van der Waals surface area contributed by atoms with Crippen molar-refractivity contribution in [2.75, 3.05) is 13.7 Å². The summed E-state index contributed by atoms with van der Waals surface area (Å²) >= 11 is 0. The fourth-order valence-corrected chi connectivity index (χ4v) is 1.98. The van der Waals surface area contributed by atoms with Crippen LogP contribution in [-0.4, -0.2) is 26.5 Å². The van der Waals surface area contributed by atoms with Gasteiger partial charge in [0, 0.05) is 11.8 Å². The summed E-state index contributed by atoms with van der Waals surface area (Å²) in [6.45, 7) is 2.75. The van der Waals surface area contributed by atoms with E-state index < -0.39 is 0 Å². The molecule has 4 nitrogen and oxygen atoms in total. The number of fused-ring (bicyclic) bond motifs is 1. The highest BCUT2D eigenvalue weighted by molar-refractivity contribution is 6.39. The first-order chi connectivity index (χ1) is 8.77. The molecule has 0 bridgehead atoms. The van der Waals surface area contributed by atoms with Crippen molar-refractivity contribution in [3.8, 4) is 5.75 Å². The predicted octanol–water partition coefficient (Wildman–Crippen LogP) is 0.970. The number of pyridine rings is 1. The minimum atomic E-state index is 0.352. The zero-order chi connectivity index (χ0) is 13.0. The summed E-state index contributed by atoms with van der Waals surface area (Å²) in [6, 6.07) is 6.00. The van der Waals surface area contributed by atoms with Gasteiger partial charge in [-0.05, 0) is 18.4 Å². The maximum Gasteiger partial charge on any atom is 0.150 e. The number of rotatable bonds is 5. The van der Waals surface area contributed by atoms with E-state index in [0.29, 0.717) is 13.2 Å². The fourth-order valence-electron chi connectivity index (χ4n) is 1.98. The number of ether oxygens (including phenoxy) is 1. The predicted molar refractivity (Wildman–Crippen MR) is 72.9 cm³/mol. The number of hydrogen-bond donors (Lipinski definition) is 0. The highest BCUT2D eigenvalue weighted by Crippen LogP contribution is 2.27. The molecule has 0 unspecified atom stereocenters. The van der Waals surface area contributed by atoms with Crippen molar-refractivity contribution in [1.82, 2.24) is 4.98 Å². The number of benzene rings is 1. The molecule has 2 rings (SSSR count). The Morgan fingerprint density at radius 1 is 1.33 bits per heavy atom. The van der Waals surface area contributed by atoms with Gasteiger partial charge < -0.3 is 4.74 Å². The summed E-state index contributed by atoms with van der Waals surface area (Å²) in [5, 5.41) is 1.09. The second-order valence-corrected chi connectivity index (χ2v) is 3.95. The molecule has 1 heterocycles. The molecule has 5 heteroatoms. The van der Waals surface area contributed by atoms with Crippen LogP contribution >= 0.6 is 0 Å². The van der Waals surface area contributed by atoms with Crippen LogP contribution < -0.4 is 10.2 Å². The van der Waals surface area contributed by atoms with Gasteiger partial charge in [0.25, 0.3) is 0 Å². The van der Waals surface area contributed by atoms with Gasteiger partial charge in [0.15, 0.2) is 5.75 Å². The second kappa shape index (κ2) is 5.84. The summed E-state index contributed by atoms with van der Waals surface area (Å²) in [7, 11) is 3.69. The Morgan fingerprint density at radius 3 is 2.89 bits per heavy atom. The molecular weight excluding hydrogens is 229 g/mol. The highest BCUT2D eigenvalue weighted by Gasteiger charge is 2.12. The van der Waals surface area contributed by atoms with Gasteiger partial charge in [0.05, 0.1) is 13.7 Å². The summed E-state index contributed by atoms with van der Waals surface area (Å²) < 4.78 is 5.45. The van der Waals surface area contributed by atoms with Crippen molar-refractivity contribution >= 4 is 24.2 Å². The van der Waals surface area contributed by atoms with Gasteiger partial charge in [-0.15, -0.1) is 0 Å². The quantitative estimate of drug-likeness (QED) is 0.340. The Labute approximate surface area is 107 Å². The van der Waals surface area contributed by atoms with Crippen LogP contribution in [0, 0.1) is 0 Å². The first-order valence-electron chi connectivity index (χ1n) is 5.93. The zero-order valence-corrected chi connectivity index (χ0v) is 10.9. The fraction of sp³-hybridized carbons (Fsp3) is 0.308. The molecule has 94 valence electrons. The summed E-state index contributed by atoms with van der Waals surface area (Å²) in [4.78, 5) is 14.4.